The number of carbonyl (C=O) groups is 2. The molecule has 0 spiro atoms. The quantitative estimate of drug-likeness (QED) is 0.269. The molecular formula is C28H28N4O3S. The van der Waals surface area contributed by atoms with Crippen molar-refractivity contribution in [3.63, 3.8) is 0 Å². The number of aromatic nitrogens is 2. The fraction of sp³-hybridized carbons (Fsp3) is 0.286. The topological polar surface area (TPSA) is 104 Å². The lowest BCUT2D eigenvalue weighted by Gasteiger charge is -2.22. The molecule has 5 rings (SSSR count). The average molecular weight is 501 g/mol. The minimum Gasteiger partial charge on any atom is -0.481 e. The summed E-state index contributed by atoms with van der Waals surface area (Å²) in [5.41, 5.74) is 6.50. The van der Waals surface area contributed by atoms with Crippen LogP contribution in [0.5, 0.6) is 0 Å². The van der Waals surface area contributed by atoms with Gasteiger partial charge in [-0.05, 0) is 42.5 Å². The van der Waals surface area contributed by atoms with E-state index in [0.717, 1.165) is 56.7 Å². The number of nitrogens with zero attached hydrogens (tertiary/aromatic N) is 2. The number of aryl methyl sites for hydroxylation is 1. The van der Waals surface area contributed by atoms with E-state index in [1.54, 1.807) is 17.7 Å². The first kappa shape index (κ1) is 23.9. The summed E-state index contributed by atoms with van der Waals surface area (Å²) in [4.78, 5) is 32.3. The Kier molecular flexibility index (Phi) is 7.23. The SMILES string of the molecule is O=C(O)CCc1ccc(-c2csc3c(-c4ccc(NC(=O)NC5CCCCC5)cc4)ncnc23)cc1. The Labute approximate surface area is 213 Å². The molecule has 2 amide bonds. The van der Waals surface area contributed by atoms with Gasteiger partial charge in [0.2, 0.25) is 0 Å². The molecule has 2 aromatic carbocycles. The van der Waals surface area contributed by atoms with Crippen LogP contribution < -0.4 is 10.6 Å². The minimum atomic E-state index is -0.793. The van der Waals surface area contributed by atoms with Crippen LogP contribution in [0.2, 0.25) is 0 Å². The number of thiophene rings is 1. The maximum Gasteiger partial charge on any atom is 0.319 e. The first-order chi connectivity index (χ1) is 17.6. The van der Waals surface area contributed by atoms with E-state index in [9.17, 15) is 9.59 Å². The second-order valence-electron chi connectivity index (χ2n) is 9.15. The Balaban J connectivity index is 1.31. The zero-order chi connectivity index (χ0) is 24.9. The average Bonchev–Trinajstić information content (AvgIpc) is 3.33. The lowest BCUT2D eigenvalue weighted by Crippen LogP contribution is -2.38. The number of amides is 2. The van der Waals surface area contributed by atoms with E-state index in [-0.39, 0.29) is 18.5 Å². The van der Waals surface area contributed by atoms with E-state index in [0.29, 0.717) is 6.42 Å². The highest BCUT2D eigenvalue weighted by Gasteiger charge is 2.16. The molecule has 4 aromatic rings. The molecule has 1 aliphatic rings. The molecule has 1 fully saturated rings. The molecule has 0 bridgehead atoms. The second-order valence-corrected chi connectivity index (χ2v) is 10.0. The number of hydrogen-bond donors (Lipinski definition) is 3. The Morgan fingerprint density at radius 3 is 2.39 bits per heavy atom. The number of anilines is 1. The van der Waals surface area contributed by atoms with Crippen molar-refractivity contribution >= 4 is 39.2 Å². The minimum absolute atomic E-state index is 0.122. The van der Waals surface area contributed by atoms with Crippen molar-refractivity contribution in [1.82, 2.24) is 15.3 Å². The van der Waals surface area contributed by atoms with Gasteiger partial charge >= 0.3 is 12.0 Å². The number of nitrogens with one attached hydrogen (secondary N) is 2. The number of fused-ring (bicyclic) bond motifs is 1. The molecule has 184 valence electrons. The third-order valence-electron chi connectivity index (χ3n) is 6.60. The summed E-state index contributed by atoms with van der Waals surface area (Å²) < 4.78 is 0.998. The van der Waals surface area contributed by atoms with Crippen LogP contribution in [0, 0.1) is 0 Å². The fourth-order valence-electron chi connectivity index (χ4n) is 4.67. The second kappa shape index (κ2) is 10.9. The van der Waals surface area contributed by atoms with Crippen molar-refractivity contribution in [3.8, 4) is 22.4 Å². The number of carbonyl (C=O) groups excluding carboxylic acids is 1. The molecule has 2 aromatic heterocycles. The summed E-state index contributed by atoms with van der Waals surface area (Å²) in [5, 5.41) is 17.0. The summed E-state index contributed by atoms with van der Waals surface area (Å²) in [6.45, 7) is 0. The van der Waals surface area contributed by atoms with E-state index in [1.165, 1.54) is 19.3 Å². The molecule has 1 saturated carbocycles. The molecule has 0 aliphatic heterocycles. The van der Waals surface area contributed by atoms with E-state index < -0.39 is 5.97 Å². The molecule has 2 heterocycles. The van der Waals surface area contributed by atoms with Gasteiger partial charge in [-0.1, -0.05) is 55.7 Å². The number of aliphatic carboxylic acids is 1. The van der Waals surface area contributed by atoms with Gasteiger partial charge in [0.1, 0.15) is 6.33 Å². The maximum atomic E-state index is 12.4. The Morgan fingerprint density at radius 1 is 0.944 bits per heavy atom. The van der Waals surface area contributed by atoms with Crippen molar-refractivity contribution in [1.29, 1.82) is 0 Å². The zero-order valence-corrected chi connectivity index (χ0v) is 20.7. The summed E-state index contributed by atoms with van der Waals surface area (Å²) in [7, 11) is 0. The van der Waals surface area contributed by atoms with Gasteiger partial charge in [0.05, 0.1) is 15.9 Å². The summed E-state index contributed by atoms with van der Waals surface area (Å²) in [6, 6.07) is 15.8. The van der Waals surface area contributed by atoms with Crippen molar-refractivity contribution in [2.45, 2.75) is 51.0 Å². The standard InChI is InChI=1S/C28H28N4O3S/c33-24(34)15-8-18-6-9-19(10-7-18)23-16-36-27-25(29-17-30-26(23)27)20-11-13-22(14-12-20)32-28(35)31-21-4-2-1-3-5-21/h6-7,9-14,16-17,21H,1-5,8,15H2,(H,33,34)(H2,31,32,35). The number of rotatable bonds is 7. The normalized spacial score (nSPS) is 14.0. The van der Waals surface area contributed by atoms with Gasteiger partial charge in [0, 0.05) is 34.7 Å². The van der Waals surface area contributed by atoms with Crippen LogP contribution in [0.25, 0.3) is 32.6 Å². The molecule has 0 saturated heterocycles. The molecule has 3 N–H and O–H groups in total. The van der Waals surface area contributed by atoms with Gasteiger partial charge in [-0.2, -0.15) is 0 Å². The van der Waals surface area contributed by atoms with Crippen LogP contribution in [-0.4, -0.2) is 33.1 Å². The Hall–Kier alpha value is -3.78. The van der Waals surface area contributed by atoms with Crippen molar-refractivity contribution in [2.24, 2.45) is 0 Å². The number of carboxylic acids is 1. The Bertz CT molecular complexity index is 1360. The summed E-state index contributed by atoms with van der Waals surface area (Å²) in [5.74, 6) is -0.793. The third-order valence-corrected chi connectivity index (χ3v) is 7.58. The molecular weight excluding hydrogens is 472 g/mol. The van der Waals surface area contributed by atoms with Crippen molar-refractivity contribution < 1.29 is 14.7 Å². The highest BCUT2D eigenvalue weighted by Crippen LogP contribution is 2.37. The molecule has 0 unspecified atom stereocenters. The molecule has 1 aliphatic carbocycles. The van der Waals surface area contributed by atoms with Crippen LogP contribution in [0.15, 0.2) is 60.2 Å². The third kappa shape index (κ3) is 5.54. The van der Waals surface area contributed by atoms with Crippen LogP contribution >= 0.6 is 11.3 Å². The van der Waals surface area contributed by atoms with E-state index in [1.807, 2.05) is 48.5 Å². The lowest BCUT2D eigenvalue weighted by atomic mass is 9.96. The number of benzene rings is 2. The van der Waals surface area contributed by atoms with Gasteiger partial charge in [-0.25, -0.2) is 14.8 Å². The zero-order valence-electron chi connectivity index (χ0n) is 19.9. The van der Waals surface area contributed by atoms with Gasteiger partial charge in [0.15, 0.2) is 0 Å². The molecule has 0 atom stereocenters. The summed E-state index contributed by atoms with van der Waals surface area (Å²) >= 11 is 1.60. The first-order valence-electron chi connectivity index (χ1n) is 12.3. The lowest BCUT2D eigenvalue weighted by molar-refractivity contribution is -0.136. The van der Waals surface area contributed by atoms with E-state index in [2.05, 4.69) is 26.0 Å². The number of hydrogen-bond acceptors (Lipinski definition) is 5. The van der Waals surface area contributed by atoms with Crippen molar-refractivity contribution in [2.75, 3.05) is 5.32 Å². The number of carboxylic acid groups (broad SMARTS) is 1. The van der Waals surface area contributed by atoms with E-state index >= 15 is 0 Å². The molecule has 7 nitrogen and oxygen atoms in total. The monoisotopic (exact) mass is 500 g/mol. The number of urea groups is 1. The maximum absolute atomic E-state index is 12.4. The van der Waals surface area contributed by atoms with Gasteiger partial charge in [-0.15, -0.1) is 11.3 Å². The van der Waals surface area contributed by atoms with Crippen molar-refractivity contribution in [3.05, 3.63) is 65.8 Å². The van der Waals surface area contributed by atoms with Gasteiger partial charge in [-0.3, -0.25) is 4.79 Å². The molecule has 0 radical (unpaired) electrons. The van der Waals surface area contributed by atoms with Gasteiger partial charge < -0.3 is 15.7 Å². The molecule has 36 heavy (non-hydrogen) atoms. The van der Waals surface area contributed by atoms with Crippen LogP contribution in [-0.2, 0) is 11.2 Å². The predicted molar refractivity (Wildman–Crippen MR) is 143 cm³/mol. The van der Waals surface area contributed by atoms with Crippen LogP contribution in [0.3, 0.4) is 0 Å². The van der Waals surface area contributed by atoms with Gasteiger partial charge in [0.25, 0.3) is 0 Å². The Morgan fingerprint density at radius 2 is 1.67 bits per heavy atom. The summed E-state index contributed by atoms with van der Waals surface area (Å²) in [6.07, 6.45) is 7.92. The van der Waals surface area contributed by atoms with Crippen LogP contribution in [0.1, 0.15) is 44.1 Å². The predicted octanol–water partition coefficient (Wildman–Crippen LogP) is 6.50. The first-order valence-corrected chi connectivity index (χ1v) is 13.2. The largest absolute Gasteiger partial charge is 0.481 e. The highest BCUT2D eigenvalue weighted by molar-refractivity contribution is 7.18. The smallest absolute Gasteiger partial charge is 0.319 e. The van der Waals surface area contributed by atoms with E-state index in [4.69, 9.17) is 5.11 Å². The van der Waals surface area contributed by atoms with Crippen LogP contribution in [0.4, 0.5) is 10.5 Å². The highest BCUT2D eigenvalue weighted by atomic mass is 32.1. The molecule has 8 heteroatoms. The fourth-order valence-corrected chi connectivity index (χ4v) is 5.71.